The first kappa shape index (κ1) is 29.6. The maximum absolute atomic E-state index is 14.0. The molecule has 1 N–H and O–H groups in total. The third-order valence-corrected chi connectivity index (χ3v) is 8.80. The molecule has 0 spiro atoms. The highest BCUT2D eigenvalue weighted by Crippen LogP contribution is 2.44. The van der Waals surface area contributed by atoms with E-state index in [4.69, 9.17) is 39.5 Å². The van der Waals surface area contributed by atoms with E-state index in [1.54, 1.807) is 18.9 Å². The number of aryl methyl sites for hydroxylation is 2. The minimum absolute atomic E-state index is 0.124. The summed E-state index contributed by atoms with van der Waals surface area (Å²) in [4.78, 5) is 29.3. The Labute approximate surface area is 235 Å². The van der Waals surface area contributed by atoms with Crippen LogP contribution in [0.1, 0.15) is 64.5 Å². The van der Waals surface area contributed by atoms with Gasteiger partial charge in [-0.25, -0.2) is 0 Å². The molecule has 1 aliphatic rings. The normalized spacial score (nSPS) is 20.8. The van der Waals surface area contributed by atoms with Crippen LogP contribution in [0.25, 0.3) is 0 Å². The van der Waals surface area contributed by atoms with Gasteiger partial charge in [0, 0.05) is 18.8 Å². The van der Waals surface area contributed by atoms with Gasteiger partial charge >= 0.3 is 0 Å². The Kier molecular flexibility index (Phi) is 9.14. The lowest BCUT2D eigenvalue weighted by Gasteiger charge is -2.48. The molecule has 2 aromatic carbocycles. The lowest BCUT2D eigenvalue weighted by atomic mass is 9.66. The van der Waals surface area contributed by atoms with Crippen LogP contribution in [0.5, 0.6) is 5.75 Å². The number of benzene rings is 2. The number of hydrogen-bond donors (Lipinski definition) is 1. The van der Waals surface area contributed by atoms with Crippen molar-refractivity contribution in [2.75, 3.05) is 12.4 Å². The van der Waals surface area contributed by atoms with E-state index in [1.165, 1.54) is 12.1 Å². The van der Waals surface area contributed by atoms with Crippen LogP contribution >= 0.6 is 34.8 Å². The molecular weight excluding hydrogens is 531 g/mol. The molecule has 3 rings (SSSR count). The van der Waals surface area contributed by atoms with E-state index in [2.05, 4.69) is 26.1 Å². The standard InChI is InChI=1S/C29H37Cl3N2O3/c1-17-9-8-10-18(2)25(17)33-27(36)29(13-11-20(12-14-29)28(4,5)6)34(7)26(35)19(3)37-24-16-22(31)21(30)15-23(24)32/h8-10,15-16,19-20H,11-14H2,1-7H3,(H,33,36)/t19-,20?,29?/m1/s1. The zero-order valence-electron chi connectivity index (χ0n) is 22.7. The number of nitrogens with zero attached hydrogens (tertiary/aromatic N) is 1. The molecule has 1 fully saturated rings. The summed E-state index contributed by atoms with van der Waals surface area (Å²) in [5, 5.41) is 3.99. The minimum atomic E-state index is -1.01. The minimum Gasteiger partial charge on any atom is -0.479 e. The second-order valence-electron chi connectivity index (χ2n) is 11.2. The number of hydrogen-bond acceptors (Lipinski definition) is 3. The number of likely N-dealkylation sites (N-methyl/N-ethyl adjacent to an activating group) is 1. The van der Waals surface area contributed by atoms with E-state index in [0.717, 1.165) is 29.7 Å². The first-order chi connectivity index (χ1) is 17.2. The molecule has 0 radical (unpaired) electrons. The summed E-state index contributed by atoms with van der Waals surface area (Å²) in [5.41, 5.74) is 1.86. The van der Waals surface area contributed by atoms with E-state index in [0.29, 0.717) is 23.8 Å². The summed E-state index contributed by atoms with van der Waals surface area (Å²) in [6, 6.07) is 8.88. The molecule has 0 heterocycles. The van der Waals surface area contributed by atoms with Crippen molar-refractivity contribution >= 4 is 52.3 Å². The Hall–Kier alpha value is -1.95. The highest BCUT2D eigenvalue weighted by atomic mass is 35.5. The van der Waals surface area contributed by atoms with E-state index in [-0.39, 0.29) is 33.0 Å². The number of carbonyl (C=O) groups is 2. The van der Waals surface area contributed by atoms with Gasteiger partial charge in [-0.3, -0.25) is 9.59 Å². The number of para-hydroxylation sites is 1. The average Bonchev–Trinajstić information content (AvgIpc) is 2.83. The number of ether oxygens (including phenoxy) is 1. The van der Waals surface area contributed by atoms with Crippen molar-refractivity contribution in [3.05, 3.63) is 56.5 Å². The fraction of sp³-hybridized carbons (Fsp3) is 0.517. The largest absolute Gasteiger partial charge is 0.479 e. The zero-order chi connectivity index (χ0) is 27.7. The first-order valence-electron chi connectivity index (χ1n) is 12.6. The van der Waals surface area contributed by atoms with Crippen LogP contribution in [0.4, 0.5) is 5.69 Å². The van der Waals surface area contributed by atoms with Crippen molar-refractivity contribution in [3.8, 4) is 5.75 Å². The van der Waals surface area contributed by atoms with Crippen LogP contribution in [0.2, 0.25) is 15.1 Å². The zero-order valence-corrected chi connectivity index (χ0v) is 24.9. The van der Waals surface area contributed by atoms with Gasteiger partial charge in [0.1, 0.15) is 11.3 Å². The summed E-state index contributed by atoms with van der Waals surface area (Å²) in [6.45, 7) is 12.3. The predicted molar refractivity (Wildman–Crippen MR) is 153 cm³/mol. The van der Waals surface area contributed by atoms with Crippen molar-refractivity contribution in [1.29, 1.82) is 0 Å². The Morgan fingerprint density at radius 1 is 1.03 bits per heavy atom. The van der Waals surface area contributed by atoms with E-state index in [1.807, 2.05) is 32.0 Å². The Balaban J connectivity index is 1.90. The van der Waals surface area contributed by atoms with Crippen molar-refractivity contribution in [2.24, 2.45) is 11.3 Å². The second kappa shape index (κ2) is 11.4. The topological polar surface area (TPSA) is 58.6 Å². The van der Waals surface area contributed by atoms with Crippen LogP contribution in [0.15, 0.2) is 30.3 Å². The smallest absolute Gasteiger partial charge is 0.263 e. The van der Waals surface area contributed by atoms with E-state index < -0.39 is 11.6 Å². The quantitative estimate of drug-likeness (QED) is 0.359. The number of carbonyl (C=O) groups excluding carboxylic acids is 2. The van der Waals surface area contributed by atoms with Gasteiger partial charge in [-0.05, 0) is 75.0 Å². The van der Waals surface area contributed by atoms with Crippen LogP contribution < -0.4 is 10.1 Å². The monoisotopic (exact) mass is 566 g/mol. The predicted octanol–water partition coefficient (Wildman–Crippen LogP) is 8.10. The highest BCUT2D eigenvalue weighted by molar-refractivity contribution is 6.43. The van der Waals surface area contributed by atoms with Crippen LogP contribution in [-0.2, 0) is 9.59 Å². The second-order valence-corrected chi connectivity index (χ2v) is 12.5. The van der Waals surface area contributed by atoms with Crippen LogP contribution in [-0.4, -0.2) is 35.4 Å². The maximum Gasteiger partial charge on any atom is 0.263 e. The maximum atomic E-state index is 14.0. The number of amides is 2. The summed E-state index contributed by atoms with van der Waals surface area (Å²) >= 11 is 18.4. The van der Waals surface area contributed by atoms with E-state index >= 15 is 0 Å². The van der Waals surface area contributed by atoms with Crippen molar-refractivity contribution in [1.82, 2.24) is 4.90 Å². The highest BCUT2D eigenvalue weighted by Gasteiger charge is 2.49. The van der Waals surface area contributed by atoms with Gasteiger partial charge in [-0.15, -0.1) is 0 Å². The molecule has 1 saturated carbocycles. The Bertz CT molecular complexity index is 1150. The number of anilines is 1. The summed E-state index contributed by atoms with van der Waals surface area (Å²) in [6.07, 6.45) is 1.91. The number of nitrogens with one attached hydrogen (secondary N) is 1. The Morgan fingerprint density at radius 2 is 1.57 bits per heavy atom. The third kappa shape index (κ3) is 6.38. The molecule has 2 amide bonds. The Morgan fingerprint density at radius 3 is 2.11 bits per heavy atom. The molecule has 0 aliphatic heterocycles. The molecule has 0 aromatic heterocycles. The van der Waals surface area contributed by atoms with Gasteiger partial charge in [0.15, 0.2) is 6.10 Å². The molecule has 37 heavy (non-hydrogen) atoms. The van der Waals surface area contributed by atoms with Gasteiger partial charge in [0.25, 0.3) is 5.91 Å². The fourth-order valence-electron chi connectivity index (χ4n) is 5.24. The molecular formula is C29H37Cl3N2O3. The van der Waals surface area contributed by atoms with Crippen LogP contribution in [0, 0.1) is 25.2 Å². The number of rotatable bonds is 6. The van der Waals surface area contributed by atoms with Crippen molar-refractivity contribution < 1.29 is 14.3 Å². The van der Waals surface area contributed by atoms with Gasteiger partial charge in [0.05, 0.1) is 15.1 Å². The molecule has 0 bridgehead atoms. The summed E-state index contributed by atoms with van der Waals surface area (Å²) in [7, 11) is 1.69. The average molecular weight is 568 g/mol. The van der Waals surface area contributed by atoms with Gasteiger partial charge in [0.2, 0.25) is 5.91 Å². The first-order valence-corrected chi connectivity index (χ1v) is 13.8. The molecule has 1 atom stereocenters. The molecule has 8 heteroatoms. The van der Waals surface area contributed by atoms with Gasteiger partial charge in [-0.2, -0.15) is 0 Å². The van der Waals surface area contributed by atoms with Crippen molar-refractivity contribution in [3.63, 3.8) is 0 Å². The molecule has 0 saturated heterocycles. The molecule has 0 unspecified atom stereocenters. The fourth-order valence-corrected chi connectivity index (χ4v) is 5.82. The summed E-state index contributed by atoms with van der Waals surface area (Å²) < 4.78 is 5.91. The third-order valence-electron chi connectivity index (χ3n) is 7.78. The van der Waals surface area contributed by atoms with Crippen molar-refractivity contribution in [2.45, 2.75) is 78.9 Å². The lowest BCUT2D eigenvalue weighted by Crippen LogP contribution is -2.61. The van der Waals surface area contributed by atoms with Gasteiger partial charge in [-0.1, -0.05) is 73.8 Å². The molecule has 202 valence electrons. The molecule has 5 nitrogen and oxygen atoms in total. The summed E-state index contributed by atoms with van der Waals surface area (Å²) in [5.74, 6) is 0.234. The SMILES string of the molecule is Cc1cccc(C)c1NC(=O)C1(N(C)C(=O)[C@@H](C)Oc2cc(Cl)c(Cl)cc2Cl)CCC(C(C)(C)C)CC1. The van der Waals surface area contributed by atoms with E-state index in [9.17, 15) is 9.59 Å². The van der Waals surface area contributed by atoms with Gasteiger partial charge < -0.3 is 15.0 Å². The van der Waals surface area contributed by atoms with Crippen LogP contribution in [0.3, 0.4) is 0 Å². The lowest BCUT2D eigenvalue weighted by molar-refractivity contribution is -0.151. The molecule has 1 aliphatic carbocycles. The molecule has 2 aromatic rings. The number of halogens is 3.